The van der Waals surface area contributed by atoms with Crippen LogP contribution in [0, 0.1) is 11.7 Å². The van der Waals surface area contributed by atoms with Crippen LogP contribution in [-0.2, 0) is 0 Å². The summed E-state index contributed by atoms with van der Waals surface area (Å²) >= 11 is 0. The Kier molecular flexibility index (Phi) is 4.76. The second kappa shape index (κ2) is 6.19. The quantitative estimate of drug-likeness (QED) is 0.918. The van der Waals surface area contributed by atoms with Gasteiger partial charge in [-0.1, -0.05) is 19.8 Å². The second-order valence-corrected chi connectivity index (χ2v) is 6.32. The predicted octanol–water partition coefficient (Wildman–Crippen LogP) is 2.99. The van der Waals surface area contributed by atoms with Crippen molar-refractivity contribution >= 4 is 0 Å². The van der Waals surface area contributed by atoms with Crippen LogP contribution in [0.3, 0.4) is 0 Å². The van der Waals surface area contributed by atoms with Gasteiger partial charge in [0.2, 0.25) is 0 Å². The molecule has 1 aliphatic rings. The summed E-state index contributed by atoms with van der Waals surface area (Å²) in [6, 6.07) is 1.80. The Hall–Kier alpha value is -1.00. The van der Waals surface area contributed by atoms with Crippen LogP contribution in [0.2, 0.25) is 0 Å². The summed E-state index contributed by atoms with van der Waals surface area (Å²) < 4.78 is 14.2. The second-order valence-electron chi connectivity index (χ2n) is 6.32. The number of nitrogens with zero attached hydrogens (tertiary/aromatic N) is 2. The minimum atomic E-state index is -0.216. The minimum absolute atomic E-state index is 0.0109. The zero-order valence-electron chi connectivity index (χ0n) is 13.0. The summed E-state index contributed by atoms with van der Waals surface area (Å²) in [6.45, 7) is 2.30. The normalized spacial score (nSPS) is 28.6. The number of hydrogen-bond acceptors (Lipinski definition) is 3. The van der Waals surface area contributed by atoms with Crippen molar-refractivity contribution in [3.8, 4) is 0 Å². The average molecular weight is 279 g/mol. The van der Waals surface area contributed by atoms with E-state index in [2.05, 4.69) is 36.2 Å². The first-order valence-corrected chi connectivity index (χ1v) is 7.45. The Labute approximate surface area is 121 Å². The number of aromatic nitrogens is 1. The number of pyridine rings is 1. The van der Waals surface area contributed by atoms with Crippen molar-refractivity contribution in [3.63, 3.8) is 0 Å². The molecular weight excluding hydrogens is 253 g/mol. The molecule has 1 fully saturated rings. The van der Waals surface area contributed by atoms with E-state index in [9.17, 15) is 4.39 Å². The molecule has 3 atom stereocenters. The Morgan fingerprint density at radius 2 is 2.25 bits per heavy atom. The molecule has 3 unspecified atom stereocenters. The lowest BCUT2D eigenvalue weighted by molar-refractivity contribution is 0.0381. The van der Waals surface area contributed by atoms with Gasteiger partial charge in [0.05, 0.1) is 12.2 Å². The van der Waals surface area contributed by atoms with Crippen molar-refractivity contribution in [2.75, 3.05) is 21.1 Å². The molecule has 0 aliphatic heterocycles. The molecule has 1 heterocycles. The number of rotatable bonds is 4. The van der Waals surface area contributed by atoms with Gasteiger partial charge in [-0.15, -0.1) is 0 Å². The molecule has 112 valence electrons. The molecular formula is C16H26FN3. The van der Waals surface area contributed by atoms with Crippen LogP contribution in [0.5, 0.6) is 0 Å². The molecule has 1 N–H and O–H groups in total. The zero-order chi connectivity index (χ0) is 14.8. The first-order chi connectivity index (χ1) is 9.51. The van der Waals surface area contributed by atoms with E-state index in [-0.39, 0.29) is 17.4 Å². The van der Waals surface area contributed by atoms with Crippen molar-refractivity contribution in [1.29, 1.82) is 0 Å². The summed E-state index contributed by atoms with van der Waals surface area (Å²) in [5.74, 6) is 0.457. The molecule has 0 amide bonds. The summed E-state index contributed by atoms with van der Waals surface area (Å²) in [4.78, 5) is 6.15. The molecule has 3 nitrogen and oxygen atoms in total. The Morgan fingerprint density at radius 1 is 1.50 bits per heavy atom. The highest BCUT2D eigenvalue weighted by atomic mass is 19.1. The van der Waals surface area contributed by atoms with E-state index in [4.69, 9.17) is 0 Å². The number of nitrogens with one attached hydrogen (secondary N) is 1. The van der Waals surface area contributed by atoms with Crippen LogP contribution >= 0.6 is 0 Å². The standard InChI is InChI=1S/C16H26FN3/c1-12-6-5-8-16(10-12,20(3)4)15(18-2)13-7-9-19-11-14(13)17/h7,9,11-12,15,18H,5-6,8,10H2,1-4H3. The van der Waals surface area contributed by atoms with Gasteiger partial charge in [-0.05, 0) is 46.0 Å². The van der Waals surface area contributed by atoms with Crippen LogP contribution < -0.4 is 5.32 Å². The first kappa shape index (κ1) is 15.4. The van der Waals surface area contributed by atoms with Crippen LogP contribution in [0.4, 0.5) is 4.39 Å². The lowest BCUT2D eigenvalue weighted by Crippen LogP contribution is -2.55. The lowest BCUT2D eigenvalue weighted by Gasteiger charge is -2.50. The van der Waals surface area contributed by atoms with Crippen LogP contribution in [-0.4, -0.2) is 36.6 Å². The van der Waals surface area contributed by atoms with Crippen molar-refractivity contribution in [3.05, 3.63) is 29.8 Å². The topological polar surface area (TPSA) is 28.2 Å². The van der Waals surface area contributed by atoms with Gasteiger partial charge in [0.25, 0.3) is 0 Å². The van der Waals surface area contributed by atoms with Crippen molar-refractivity contribution < 1.29 is 4.39 Å². The molecule has 2 rings (SSSR count). The van der Waals surface area contributed by atoms with Gasteiger partial charge in [-0.3, -0.25) is 4.98 Å². The van der Waals surface area contributed by atoms with Gasteiger partial charge in [0.1, 0.15) is 5.82 Å². The third-order valence-corrected chi connectivity index (χ3v) is 4.84. The molecule has 20 heavy (non-hydrogen) atoms. The zero-order valence-corrected chi connectivity index (χ0v) is 13.0. The first-order valence-electron chi connectivity index (χ1n) is 7.45. The molecule has 4 heteroatoms. The molecule has 1 aliphatic carbocycles. The van der Waals surface area contributed by atoms with Crippen molar-refractivity contribution in [2.45, 2.75) is 44.2 Å². The highest BCUT2D eigenvalue weighted by Crippen LogP contribution is 2.44. The predicted molar refractivity (Wildman–Crippen MR) is 80.0 cm³/mol. The maximum atomic E-state index is 14.2. The van der Waals surface area contributed by atoms with Crippen molar-refractivity contribution in [2.24, 2.45) is 5.92 Å². The molecule has 0 bridgehead atoms. The smallest absolute Gasteiger partial charge is 0.146 e. The van der Waals surface area contributed by atoms with Gasteiger partial charge in [0.15, 0.2) is 0 Å². The van der Waals surface area contributed by atoms with E-state index in [1.807, 2.05) is 7.05 Å². The van der Waals surface area contributed by atoms with Gasteiger partial charge >= 0.3 is 0 Å². The fraction of sp³-hybridized carbons (Fsp3) is 0.688. The molecule has 1 aromatic heterocycles. The lowest BCUT2D eigenvalue weighted by atomic mass is 9.69. The third-order valence-electron chi connectivity index (χ3n) is 4.84. The largest absolute Gasteiger partial charge is 0.311 e. The molecule has 0 spiro atoms. The molecule has 0 aromatic carbocycles. The Bertz CT molecular complexity index is 449. The number of likely N-dealkylation sites (N-methyl/N-ethyl adjacent to an activating group) is 2. The van der Waals surface area contributed by atoms with Crippen molar-refractivity contribution in [1.82, 2.24) is 15.2 Å². The Morgan fingerprint density at radius 3 is 2.80 bits per heavy atom. The summed E-state index contributed by atoms with van der Waals surface area (Å²) in [5, 5.41) is 3.36. The monoisotopic (exact) mass is 279 g/mol. The van der Waals surface area contributed by atoms with E-state index >= 15 is 0 Å². The van der Waals surface area contributed by atoms with E-state index in [0.29, 0.717) is 5.92 Å². The van der Waals surface area contributed by atoms with Gasteiger partial charge < -0.3 is 10.2 Å². The van der Waals surface area contributed by atoms with E-state index < -0.39 is 0 Å². The average Bonchev–Trinajstić information content (AvgIpc) is 2.41. The molecule has 0 radical (unpaired) electrons. The fourth-order valence-corrected chi connectivity index (χ4v) is 3.82. The van der Waals surface area contributed by atoms with Crippen LogP contribution in [0.15, 0.2) is 18.5 Å². The minimum Gasteiger partial charge on any atom is -0.311 e. The summed E-state index contributed by atoms with van der Waals surface area (Å²) in [7, 11) is 6.15. The van der Waals surface area contributed by atoms with Crippen LogP contribution in [0.1, 0.15) is 44.2 Å². The molecule has 1 aromatic rings. The summed E-state index contributed by atoms with van der Waals surface area (Å²) in [5.41, 5.74) is 0.694. The fourth-order valence-electron chi connectivity index (χ4n) is 3.82. The Balaban J connectivity index is 2.43. The highest BCUT2D eigenvalue weighted by molar-refractivity contribution is 5.23. The highest BCUT2D eigenvalue weighted by Gasteiger charge is 2.44. The van der Waals surface area contributed by atoms with Crippen LogP contribution in [0.25, 0.3) is 0 Å². The van der Waals surface area contributed by atoms with Gasteiger partial charge in [-0.25, -0.2) is 4.39 Å². The third kappa shape index (κ3) is 2.72. The van der Waals surface area contributed by atoms with E-state index in [0.717, 1.165) is 18.4 Å². The SMILES string of the molecule is CNC(c1ccncc1F)C1(N(C)C)CCCC(C)C1. The van der Waals surface area contributed by atoms with Gasteiger partial charge in [0, 0.05) is 17.3 Å². The van der Waals surface area contributed by atoms with E-state index in [1.165, 1.54) is 19.0 Å². The number of halogens is 1. The summed E-state index contributed by atoms with van der Waals surface area (Å²) in [6.07, 6.45) is 7.65. The maximum absolute atomic E-state index is 14.2. The van der Waals surface area contributed by atoms with E-state index in [1.54, 1.807) is 12.3 Å². The number of hydrogen-bond donors (Lipinski definition) is 1. The van der Waals surface area contributed by atoms with Gasteiger partial charge in [-0.2, -0.15) is 0 Å². The molecule has 1 saturated carbocycles. The molecule has 0 saturated heterocycles. The maximum Gasteiger partial charge on any atom is 0.146 e.